The average molecular weight is 228 g/mol. The minimum absolute atomic E-state index is 0. The molecule has 1 aromatic carbocycles. The van der Waals surface area contributed by atoms with Gasteiger partial charge in [0.15, 0.2) is 0 Å². The van der Waals surface area contributed by atoms with E-state index in [0.717, 1.165) is 5.75 Å². The first kappa shape index (κ1) is 8.54. The number of fused-ring (bicyclic) bond motifs is 1. The molecule has 0 unspecified atom stereocenters. The molecule has 1 heterocycles. The van der Waals surface area contributed by atoms with Gasteiger partial charge in [0.1, 0.15) is 12.4 Å². The summed E-state index contributed by atoms with van der Waals surface area (Å²) in [6, 6.07) is 8.03. The minimum atomic E-state index is 0. The summed E-state index contributed by atoms with van der Waals surface area (Å²) in [6.45, 7) is 0.705. The van der Waals surface area contributed by atoms with Crippen LogP contribution in [0.5, 0.6) is 5.75 Å². The number of para-hydroxylation sites is 1. The summed E-state index contributed by atoms with van der Waals surface area (Å²) in [7, 11) is 0. The van der Waals surface area contributed by atoms with Gasteiger partial charge >= 0.3 is 0 Å². The quantitative estimate of drug-likeness (QED) is 0.618. The molecule has 0 fully saturated rings. The SMILES string of the molecule is C1=Cc2ccccc2OC1.[Mo]. The van der Waals surface area contributed by atoms with E-state index in [1.165, 1.54) is 5.56 Å². The molecule has 0 aliphatic carbocycles. The van der Waals surface area contributed by atoms with Crippen LogP contribution in [0.15, 0.2) is 30.3 Å². The Labute approximate surface area is 80.3 Å². The number of ether oxygens (including phenoxy) is 1. The zero-order valence-electron chi connectivity index (χ0n) is 5.99. The van der Waals surface area contributed by atoms with E-state index >= 15 is 0 Å². The van der Waals surface area contributed by atoms with E-state index in [4.69, 9.17) is 4.74 Å². The van der Waals surface area contributed by atoms with Gasteiger partial charge in [-0.15, -0.1) is 0 Å². The summed E-state index contributed by atoms with van der Waals surface area (Å²) < 4.78 is 5.34. The fourth-order valence-electron chi connectivity index (χ4n) is 1.06. The summed E-state index contributed by atoms with van der Waals surface area (Å²) in [5.74, 6) is 0.991. The second-order valence-corrected chi connectivity index (χ2v) is 2.25. The third-order valence-electron chi connectivity index (χ3n) is 1.55. The second-order valence-electron chi connectivity index (χ2n) is 2.25. The monoisotopic (exact) mass is 230 g/mol. The summed E-state index contributed by atoms with van der Waals surface area (Å²) in [4.78, 5) is 0. The number of benzene rings is 1. The van der Waals surface area contributed by atoms with Crippen molar-refractivity contribution in [3.8, 4) is 5.75 Å². The predicted octanol–water partition coefficient (Wildman–Crippen LogP) is 2.09. The Morgan fingerprint density at radius 1 is 1.18 bits per heavy atom. The van der Waals surface area contributed by atoms with Crippen molar-refractivity contribution in [2.24, 2.45) is 0 Å². The fourth-order valence-corrected chi connectivity index (χ4v) is 1.06. The first-order chi connectivity index (χ1) is 4.97. The largest absolute Gasteiger partial charge is 0.489 e. The van der Waals surface area contributed by atoms with E-state index in [1.54, 1.807) is 0 Å². The van der Waals surface area contributed by atoms with Crippen molar-refractivity contribution in [2.45, 2.75) is 0 Å². The van der Waals surface area contributed by atoms with E-state index in [2.05, 4.69) is 6.08 Å². The molecule has 1 aliphatic heterocycles. The molecule has 0 aromatic heterocycles. The molecule has 0 bridgehead atoms. The van der Waals surface area contributed by atoms with Crippen LogP contribution in [0.2, 0.25) is 0 Å². The molecule has 2 rings (SSSR count). The van der Waals surface area contributed by atoms with Crippen molar-refractivity contribution >= 4 is 6.08 Å². The van der Waals surface area contributed by atoms with Gasteiger partial charge in [0.2, 0.25) is 0 Å². The van der Waals surface area contributed by atoms with Gasteiger partial charge in [-0.1, -0.05) is 24.3 Å². The molecule has 56 valence electrons. The second kappa shape index (κ2) is 3.73. The fraction of sp³-hybridized carbons (Fsp3) is 0.111. The summed E-state index contributed by atoms with van der Waals surface area (Å²) in [5, 5.41) is 0. The standard InChI is InChI=1S/C9H8O.Mo/c1-2-6-9-8(4-1)5-3-7-10-9;/h1-6H,7H2;. The summed E-state index contributed by atoms with van der Waals surface area (Å²) in [6.07, 6.45) is 4.10. The van der Waals surface area contributed by atoms with E-state index in [1.807, 2.05) is 30.3 Å². The van der Waals surface area contributed by atoms with E-state index in [-0.39, 0.29) is 21.1 Å². The van der Waals surface area contributed by atoms with Gasteiger partial charge in [-0.3, -0.25) is 0 Å². The average Bonchev–Trinajstić information content (AvgIpc) is 2.05. The number of hydrogen-bond acceptors (Lipinski definition) is 1. The zero-order chi connectivity index (χ0) is 6.81. The van der Waals surface area contributed by atoms with E-state index in [0.29, 0.717) is 6.61 Å². The van der Waals surface area contributed by atoms with Crippen molar-refractivity contribution in [1.82, 2.24) is 0 Å². The molecule has 0 atom stereocenters. The van der Waals surface area contributed by atoms with Gasteiger partial charge in [0, 0.05) is 26.6 Å². The summed E-state index contributed by atoms with van der Waals surface area (Å²) >= 11 is 0. The molecule has 0 spiro atoms. The molecule has 1 nitrogen and oxygen atoms in total. The van der Waals surface area contributed by atoms with Gasteiger partial charge < -0.3 is 4.74 Å². The van der Waals surface area contributed by atoms with Gasteiger partial charge in [0.25, 0.3) is 0 Å². The van der Waals surface area contributed by atoms with Crippen LogP contribution >= 0.6 is 0 Å². The molecule has 0 N–H and O–H groups in total. The first-order valence-electron chi connectivity index (χ1n) is 3.35. The smallest absolute Gasteiger partial charge is 0.126 e. The van der Waals surface area contributed by atoms with Crippen LogP contribution in [0.4, 0.5) is 0 Å². The maximum atomic E-state index is 5.34. The molecule has 2 heteroatoms. The van der Waals surface area contributed by atoms with Crippen molar-refractivity contribution in [3.63, 3.8) is 0 Å². The third kappa shape index (κ3) is 1.72. The molecule has 0 saturated carbocycles. The van der Waals surface area contributed by atoms with Crippen LogP contribution in [-0.2, 0) is 21.1 Å². The Kier molecular flexibility index (Phi) is 2.90. The van der Waals surface area contributed by atoms with Gasteiger partial charge in [-0.05, 0) is 12.1 Å². The van der Waals surface area contributed by atoms with Gasteiger partial charge in [-0.25, -0.2) is 0 Å². The number of hydrogen-bond donors (Lipinski definition) is 0. The topological polar surface area (TPSA) is 9.23 Å². The third-order valence-corrected chi connectivity index (χ3v) is 1.55. The predicted molar refractivity (Wildman–Crippen MR) is 41.0 cm³/mol. The van der Waals surface area contributed by atoms with Crippen molar-refractivity contribution in [2.75, 3.05) is 6.61 Å². The molecule has 1 aromatic rings. The Morgan fingerprint density at radius 2 is 2.00 bits per heavy atom. The normalized spacial score (nSPS) is 12.7. The molecular weight excluding hydrogens is 220 g/mol. The maximum Gasteiger partial charge on any atom is 0.126 e. The van der Waals surface area contributed by atoms with Crippen LogP contribution in [-0.4, -0.2) is 6.61 Å². The van der Waals surface area contributed by atoms with Crippen molar-refractivity contribution < 1.29 is 25.8 Å². The van der Waals surface area contributed by atoms with Gasteiger partial charge in [0.05, 0.1) is 0 Å². The van der Waals surface area contributed by atoms with Gasteiger partial charge in [-0.2, -0.15) is 0 Å². The van der Waals surface area contributed by atoms with E-state index in [9.17, 15) is 0 Å². The molecule has 11 heavy (non-hydrogen) atoms. The molecule has 0 saturated heterocycles. The Balaban J connectivity index is 0.000000605. The van der Waals surface area contributed by atoms with Crippen molar-refractivity contribution in [3.05, 3.63) is 35.9 Å². The van der Waals surface area contributed by atoms with Crippen LogP contribution in [0.3, 0.4) is 0 Å². The maximum absolute atomic E-state index is 5.34. The van der Waals surface area contributed by atoms with Crippen molar-refractivity contribution in [1.29, 1.82) is 0 Å². The van der Waals surface area contributed by atoms with Crippen LogP contribution in [0.25, 0.3) is 6.08 Å². The molecule has 0 amide bonds. The molecule has 0 radical (unpaired) electrons. The van der Waals surface area contributed by atoms with Crippen LogP contribution in [0.1, 0.15) is 5.56 Å². The molecular formula is C9H8MoO. The summed E-state index contributed by atoms with van der Waals surface area (Å²) in [5.41, 5.74) is 1.17. The van der Waals surface area contributed by atoms with Crippen LogP contribution in [0, 0.1) is 0 Å². The Hall–Kier alpha value is -0.552. The minimum Gasteiger partial charge on any atom is -0.489 e. The Morgan fingerprint density at radius 3 is 2.82 bits per heavy atom. The van der Waals surface area contributed by atoms with Crippen LogP contribution < -0.4 is 4.74 Å². The van der Waals surface area contributed by atoms with E-state index < -0.39 is 0 Å². The zero-order valence-corrected chi connectivity index (χ0v) is 7.99. The Bertz CT molecular complexity index is 268. The first-order valence-corrected chi connectivity index (χ1v) is 3.35. The number of rotatable bonds is 0. The molecule has 1 aliphatic rings.